The molecule has 1 saturated heterocycles. The summed E-state index contributed by atoms with van der Waals surface area (Å²) in [4.78, 5) is 35.4. The Bertz CT molecular complexity index is 1100. The summed E-state index contributed by atoms with van der Waals surface area (Å²) < 4.78 is 0. The number of carbonyl (C=O) groups is 3. The summed E-state index contributed by atoms with van der Waals surface area (Å²) >= 11 is 5.95. The Morgan fingerprint density at radius 1 is 0.706 bits per heavy atom. The highest BCUT2D eigenvalue weighted by Gasteiger charge is 2.22. The van der Waals surface area contributed by atoms with Gasteiger partial charge >= 0.3 is 11.9 Å². The molecule has 0 bridgehead atoms. The lowest BCUT2D eigenvalue weighted by molar-refractivity contribution is -0.159. The molecule has 1 aliphatic rings. The van der Waals surface area contributed by atoms with Gasteiger partial charge in [-0.3, -0.25) is 9.69 Å². The second-order valence-corrected chi connectivity index (χ2v) is 8.18. The Morgan fingerprint density at radius 2 is 1.24 bits per heavy atom. The molecule has 0 saturated carbocycles. The minimum atomic E-state index is -1.82. The molecule has 4 rings (SSSR count). The first-order valence-corrected chi connectivity index (χ1v) is 11.1. The maximum Gasteiger partial charge on any atom is 0.414 e. The zero-order valence-electron chi connectivity index (χ0n) is 18.4. The number of hydrogen-bond acceptors (Lipinski definition) is 4. The molecule has 1 heterocycles. The predicted molar refractivity (Wildman–Crippen MR) is 130 cm³/mol. The molecule has 2 N–H and O–H groups in total. The Balaban J connectivity index is 0.000000481. The molecule has 0 unspecified atom stereocenters. The Morgan fingerprint density at radius 3 is 1.76 bits per heavy atom. The van der Waals surface area contributed by atoms with Crippen LogP contribution in [0, 0.1) is 0 Å². The van der Waals surface area contributed by atoms with E-state index < -0.39 is 11.9 Å². The summed E-state index contributed by atoms with van der Waals surface area (Å²) in [5.41, 5.74) is 4.30. The van der Waals surface area contributed by atoms with Crippen LogP contribution in [0.5, 0.6) is 0 Å². The van der Waals surface area contributed by atoms with Crippen LogP contribution in [0.2, 0.25) is 5.02 Å². The van der Waals surface area contributed by atoms with E-state index in [-0.39, 0.29) is 5.91 Å². The van der Waals surface area contributed by atoms with Gasteiger partial charge in [0, 0.05) is 43.3 Å². The number of aliphatic carboxylic acids is 2. The van der Waals surface area contributed by atoms with Crippen LogP contribution in [0.3, 0.4) is 0 Å². The summed E-state index contributed by atoms with van der Waals surface area (Å²) in [6.45, 7) is 4.18. The lowest BCUT2D eigenvalue weighted by atomic mass is 10.0. The van der Waals surface area contributed by atoms with Crippen LogP contribution in [-0.4, -0.2) is 64.0 Å². The number of carboxylic acid groups (broad SMARTS) is 2. The van der Waals surface area contributed by atoms with Crippen LogP contribution in [0.4, 0.5) is 0 Å². The van der Waals surface area contributed by atoms with Gasteiger partial charge in [-0.2, -0.15) is 0 Å². The number of carbonyl (C=O) groups excluding carboxylic acids is 1. The number of benzene rings is 3. The van der Waals surface area contributed by atoms with Crippen molar-refractivity contribution < 1.29 is 24.6 Å². The van der Waals surface area contributed by atoms with Gasteiger partial charge in [0.05, 0.1) is 0 Å². The van der Waals surface area contributed by atoms with Crippen molar-refractivity contribution in [2.24, 2.45) is 0 Å². The third-order valence-electron chi connectivity index (χ3n) is 5.40. The molecular weight excluding hydrogens is 456 g/mol. The van der Waals surface area contributed by atoms with Gasteiger partial charge in [0.25, 0.3) is 5.91 Å². The topological polar surface area (TPSA) is 98.1 Å². The first-order chi connectivity index (χ1) is 16.3. The van der Waals surface area contributed by atoms with Gasteiger partial charge in [0.1, 0.15) is 0 Å². The number of rotatable bonds is 4. The molecule has 7 nitrogen and oxygen atoms in total. The average molecular weight is 481 g/mol. The minimum Gasteiger partial charge on any atom is -0.473 e. The molecule has 34 heavy (non-hydrogen) atoms. The molecule has 176 valence electrons. The summed E-state index contributed by atoms with van der Waals surface area (Å²) in [5, 5.41) is 15.5. The minimum absolute atomic E-state index is 0.116. The fourth-order valence-electron chi connectivity index (χ4n) is 3.58. The van der Waals surface area contributed by atoms with Crippen LogP contribution < -0.4 is 0 Å². The van der Waals surface area contributed by atoms with Crippen molar-refractivity contribution in [2.75, 3.05) is 26.2 Å². The second kappa shape index (κ2) is 12.0. The largest absolute Gasteiger partial charge is 0.473 e. The fourth-order valence-corrected chi connectivity index (χ4v) is 3.70. The molecular formula is C26H25ClN2O5. The van der Waals surface area contributed by atoms with Crippen molar-refractivity contribution in [1.29, 1.82) is 0 Å². The fraction of sp³-hybridized carbons (Fsp3) is 0.192. The molecule has 3 aromatic carbocycles. The summed E-state index contributed by atoms with van der Waals surface area (Å²) in [6, 6.07) is 26.1. The van der Waals surface area contributed by atoms with Gasteiger partial charge in [0.2, 0.25) is 0 Å². The van der Waals surface area contributed by atoms with Crippen LogP contribution in [0.1, 0.15) is 15.9 Å². The lowest BCUT2D eigenvalue weighted by Gasteiger charge is -2.34. The normalized spacial score (nSPS) is 13.5. The first kappa shape index (κ1) is 25.0. The number of amides is 1. The quantitative estimate of drug-likeness (QED) is 0.545. The van der Waals surface area contributed by atoms with E-state index in [0.29, 0.717) is 0 Å². The van der Waals surface area contributed by atoms with Crippen LogP contribution in [0.15, 0.2) is 78.9 Å². The van der Waals surface area contributed by atoms with Crippen molar-refractivity contribution in [3.63, 3.8) is 0 Å². The highest BCUT2D eigenvalue weighted by molar-refractivity contribution is 6.30. The molecule has 1 amide bonds. The molecule has 1 aliphatic heterocycles. The van der Waals surface area contributed by atoms with E-state index in [2.05, 4.69) is 29.2 Å². The monoisotopic (exact) mass is 480 g/mol. The van der Waals surface area contributed by atoms with E-state index in [1.165, 1.54) is 5.56 Å². The van der Waals surface area contributed by atoms with E-state index in [1.54, 1.807) is 0 Å². The van der Waals surface area contributed by atoms with E-state index >= 15 is 0 Å². The number of carboxylic acids is 2. The third kappa shape index (κ3) is 7.16. The van der Waals surface area contributed by atoms with E-state index in [9.17, 15) is 4.79 Å². The second-order valence-electron chi connectivity index (χ2n) is 7.75. The predicted octanol–water partition coefficient (Wildman–Crippen LogP) is 4.12. The highest BCUT2D eigenvalue weighted by atomic mass is 35.5. The summed E-state index contributed by atoms with van der Waals surface area (Å²) in [7, 11) is 0. The van der Waals surface area contributed by atoms with Gasteiger partial charge in [-0.15, -0.1) is 0 Å². The zero-order valence-corrected chi connectivity index (χ0v) is 19.2. The first-order valence-electron chi connectivity index (χ1n) is 10.7. The zero-order chi connectivity index (χ0) is 24.5. The standard InChI is InChI=1S/C24H23ClN2O.C2H2O4/c25-23-12-6-19(7-13-23)18-26-14-16-27(17-15-26)24(28)22-10-8-21(9-11-22)20-4-2-1-3-5-20;3-1(4)2(5)6/h1-13H,14-18H2;(H,3,4)(H,5,6). The highest BCUT2D eigenvalue weighted by Crippen LogP contribution is 2.20. The van der Waals surface area contributed by atoms with Gasteiger partial charge in [0.15, 0.2) is 0 Å². The van der Waals surface area contributed by atoms with E-state index in [0.717, 1.165) is 54.4 Å². The molecule has 8 heteroatoms. The molecule has 0 aromatic heterocycles. The van der Waals surface area contributed by atoms with Crippen molar-refractivity contribution in [3.05, 3.63) is 95.0 Å². The number of halogens is 1. The Hall–Kier alpha value is -3.68. The molecule has 3 aromatic rings. The Kier molecular flexibility index (Phi) is 8.79. The van der Waals surface area contributed by atoms with Crippen molar-refractivity contribution >= 4 is 29.4 Å². The SMILES string of the molecule is O=C(O)C(=O)O.O=C(c1ccc(-c2ccccc2)cc1)N1CCN(Cc2ccc(Cl)cc2)CC1. The molecule has 0 radical (unpaired) electrons. The molecule has 1 fully saturated rings. The third-order valence-corrected chi connectivity index (χ3v) is 5.65. The van der Waals surface area contributed by atoms with Crippen LogP contribution >= 0.6 is 11.6 Å². The van der Waals surface area contributed by atoms with Crippen molar-refractivity contribution in [2.45, 2.75) is 6.54 Å². The van der Waals surface area contributed by atoms with Crippen LogP contribution in [0.25, 0.3) is 11.1 Å². The summed E-state index contributed by atoms with van der Waals surface area (Å²) in [5.74, 6) is -3.53. The molecule has 0 atom stereocenters. The van der Waals surface area contributed by atoms with Crippen molar-refractivity contribution in [1.82, 2.24) is 9.80 Å². The number of hydrogen-bond donors (Lipinski definition) is 2. The van der Waals surface area contributed by atoms with Gasteiger partial charge in [-0.25, -0.2) is 9.59 Å². The Labute approximate surface area is 202 Å². The van der Waals surface area contributed by atoms with Crippen molar-refractivity contribution in [3.8, 4) is 11.1 Å². The van der Waals surface area contributed by atoms with Gasteiger partial charge in [-0.05, 0) is 41.0 Å². The van der Waals surface area contributed by atoms with E-state index in [4.69, 9.17) is 31.4 Å². The van der Waals surface area contributed by atoms with E-state index in [1.807, 2.05) is 59.5 Å². The van der Waals surface area contributed by atoms with Gasteiger partial charge < -0.3 is 15.1 Å². The molecule has 0 aliphatic carbocycles. The average Bonchev–Trinajstić information content (AvgIpc) is 2.86. The summed E-state index contributed by atoms with van der Waals surface area (Å²) in [6.07, 6.45) is 0. The maximum atomic E-state index is 12.8. The van der Waals surface area contributed by atoms with Crippen LogP contribution in [-0.2, 0) is 16.1 Å². The number of piperazine rings is 1. The maximum absolute atomic E-state index is 12.8. The van der Waals surface area contributed by atoms with Gasteiger partial charge in [-0.1, -0.05) is 66.2 Å². The lowest BCUT2D eigenvalue weighted by Crippen LogP contribution is -2.48. The smallest absolute Gasteiger partial charge is 0.414 e. The number of nitrogens with zero attached hydrogens (tertiary/aromatic N) is 2. The molecule has 0 spiro atoms.